The van der Waals surface area contributed by atoms with Crippen LogP contribution in [-0.4, -0.2) is 11.7 Å². The Kier molecular flexibility index (Phi) is 4.32. The number of nitrogens with one attached hydrogen (secondary N) is 1. The molecule has 1 aromatic heterocycles. The van der Waals surface area contributed by atoms with E-state index in [1.165, 1.54) is 0 Å². The summed E-state index contributed by atoms with van der Waals surface area (Å²) in [5.41, 5.74) is 3.01. The highest BCUT2D eigenvalue weighted by Gasteiger charge is 2.12. The van der Waals surface area contributed by atoms with Gasteiger partial charge in [-0.05, 0) is 19.4 Å². The lowest BCUT2D eigenvalue weighted by Gasteiger charge is -2.10. The Morgan fingerprint density at radius 2 is 2.05 bits per heavy atom. The lowest BCUT2D eigenvalue weighted by atomic mass is 10.0. The minimum atomic E-state index is -0.137. The van der Waals surface area contributed by atoms with E-state index in [1.54, 1.807) is 0 Å². The van der Waals surface area contributed by atoms with E-state index in [0.717, 1.165) is 22.6 Å². The molecule has 1 aromatic carbocycles. The van der Waals surface area contributed by atoms with Crippen LogP contribution in [-0.2, 0) is 6.54 Å². The molecule has 1 atom stereocenters. The zero-order valence-corrected chi connectivity index (χ0v) is 11.2. The first-order valence-electron chi connectivity index (χ1n) is 6.29. The second-order valence-electron chi connectivity index (χ2n) is 4.53. The summed E-state index contributed by atoms with van der Waals surface area (Å²) in [7, 11) is 0. The summed E-state index contributed by atoms with van der Waals surface area (Å²) in [6, 6.07) is 12.1. The molecule has 0 aliphatic rings. The second-order valence-corrected chi connectivity index (χ2v) is 4.53. The molecule has 98 valence electrons. The molecule has 2 rings (SSSR count). The van der Waals surface area contributed by atoms with E-state index >= 15 is 0 Å². The van der Waals surface area contributed by atoms with Gasteiger partial charge in [0.05, 0.1) is 17.7 Å². The predicted molar refractivity (Wildman–Crippen MR) is 72.5 cm³/mol. The van der Waals surface area contributed by atoms with E-state index in [1.807, 2.05) is 44.2 Å². The van der Waals surface area contributed by atoms with Crippen LogP contribution in [0.3, 0.4) is 0 Å². The fraction of sp³-hybridized carbons (Fsp3) is 0.333. The van der Waals surface area contributed by atoms with Gasteiger partial charge in [0.1, 0.15) is 5.76 Å². The maximum Gasteiger partial charge on any atom is 0.138 e. The lowest BCUT2D eigenvalue weighted by Crippen LogP contribution is -2.21. The molecule has 0 amide bonds. The third-order valence-electron chi connectivity index (χ3n) is 3.19. The fourth-order valence-corrected chi connectivity index (χ4v) is 2.02. The fourth-order valence-electron chi connectivity index (χ4n) is 2.02. The van der Waals surface area contributed by atoms with E-state index in [4.69, 9.17) is 4.52 Å². The van der Waals surface area contributed by atoms with Crippen molar-refractivity contribution in [1.82, 2.24) is 10.5 Å². The second kappa shape index (κ2) is 6.17. The number of rotatable bonds is 5. The van der Waals surface area contributed by atoms with Gasteiger partial charge < -0.3 is 9.84 Å². The number of hydrogen-bond acceptors (Lipinski definition) is 4. The highest BCUT2D eigenvalue weighted by molar-refractivity contribution is 5.25. The van der Waals surface area contributed by atoms with E-state index in [9.17, 15) is 5.26 Å². The molecular weight excluding hydrogens is 238 g/mol. The van der Waals surface area contributed by atoms with Gasteiger partial charge >= 0.3 is 0 Å². The maximum atomic E-state index is 9.22. The van der Waals surface area contributed by atoms with Crippen LogP contribution in [0, 0.1) is 25.2 Å². The molecule has 0 fully saturated rings. The van der Waals surface area contributed by atoms with Gasteiger partial charge in [0, 0.05) is 18.7 Å². The first-order valence-corrected chi connectivity index (χ1v) is 6.29. The molecule has 0 radical (unpaired) electrons. The minimum Gasteiger partial charge on any atom is -0.361 e. The molecular formula is C15H17N3O. The Morgan fingerprint density at radius 3 is 2.63 bits per heavy atom. The first-order chi connectivity index (χ1) is 9.22. The zero-order chi connectivity index (χ0) is 13.7. The summed E-state index contributed by atoms with van der Waals surface area (Å²) in [6.07, 6.45) is 0. The van der Waals surface area contributed by atoms with Crippen LogP contribution in [0.15, 0.2) is 34.9 Å². The van der Waals surface area contributed by atoms with Crippen molar-refractivity contribution in [3.8, 4) is 6.07 Å². The van der Waals surface area contributed by atoms with Crippen molar-refractivity contribution in [3.63, 3.8) is 0 Å². The number of nitriles is 1. The zero-order valence-electron chi connectivity index (χ0n) is 11.2. The van der Waals surface area contributed by atoms with Crippen molar-refractivity contribution in [2.24, 2.45) is 0 Å². The average molecular weight is 255 g/mol. The van der Waals surface area contributed by atoms with Gasteiger partial charge in [-0.3, -0.25) is 0 Å². The number of aromatic nitrogens is 1. The lowest BCUT2D eigenvalue weighted by molar-refractivity contribution is 0.392. The smallest absolute Gasteiger partial charge is 0.138 e. The summed E-state index contributed by atoms with van der Waals surface area (Å²) in [6.45, 7) is 5.11. The third kappa shape index (κ3) is 3.21. The molecule has 1 heterocycles. The van der Waals surface area contributed by atoms with Gasteiger partial charge in [0.2, 0.25) is 0 Å². The van der Waals surface area contributed by atoms with Gasteiger partial charge in [-0.1, -0.05) is 35.5 Å². The topological polar surface area (TPSA) is 61.9 Å². The van der Waals surface area contributed by atoms with Crippen molar-refractivity contribution in [2.75, 3.05) is 6.54 Å². The molecule has 0 bridgehead atoms. The molecule has 19 heavy (non-hydrogen) atoms. The minimum absolute atomic E-state index is 0.137. The predicted octanol–water partition coefficient (Wildman–Crippen LogP) is 2.69. The Morgan fingerprint density at radius 1 is 1.32 bits per heavy atom. The van der Waals surface area contributed by atoms with Crippen LogP contribution in [0.4, 0.5) is 0 Å². The van der Waals surface area contributed by atoms with Gasteiger partial charge in [0.15, 0.2) is 0 Å². The van der Waals surface area contributed by atoms with Gasteiger partial charge in [-0.15, -0.1) is 0 Å². The summed E-state index contributed by atoms with van der Waals surface area (Å²) >= 11 is 0. The van der Waals surface area contributed by atoms with Crippen molar-refractivity contribution >= 4 is 0 Å². The molecule has 0 aliphatic heterocycles. The normalized spacial score (nSPS) is 12.1. The Balaban J connectivity index is 1.93. The SMILES string of the molecule is Cc1noc(C)c1CNCC(C#N)c1ccccc1. The number of hydrogen-bond donors (Lipinski definition) is 1. The van der Waals surface area contributed by atoms with E-state index < -0.39 is 0 Å². The maximum absolute atomic E-state index is 9.22. The molecule has 2 aromatic rings. The molecule has 1 N–H and O–H groups in total. The van der Waals surface area contributed by atoms with E-state index in [-0.39, 0.29) is 5.92 Å². The van der Waals surface area contributed by atoms with Crippen LogP contribution in [0.1, 0.15) is 28.5 Å². The molecule has 4 nitrogen and oxygen atoms in total. The van der Waals surface area contributed by atoms with Gasteiger partial charge in [0.25, 0.3) is 0 Å². The molecule has 0 saturated heterocycles. The van der Waals surface area contributed by atoms with Crippen molar-refractivity contribution in [3.05, 3.63) is 52.9 Å². The summed E-state index contributed by atoms with van der Waals surface area (Å²) < 4.78 is 5.11. The standard InChI is InChI=1S/C15H17N3O/c1-11-15(12(2)19-18-11)10-17-9-14(8-16)13-6-4-3-5-7-13/h3-7,14,17H,9-10H2,1-2H3. The Bertz CT molecular complexity index is 549. The van der Waals surface area contributed by atoms with E-state index in [2.05, 4.69) is 16.5 Å². The highest BCUT2D eigenvalue weighted by atomic mass is 16.5. The number of nitrogens with zero attached hydrogens (tertiary/aromatic N) is 2. The third-order valence-corrected chi connectivity index (χ3v) is 3.19. The highest BCUT2D eigenvalue weighted by Crippen LogP contribution is 2.15. The van der Waals surface area contributed by atoms with Crippen LogP contribution in [0.5, 0.6) is 0 Å². The van der Waals surface area contributed by atoms with Gasteiger partial charge in [-0.25, -0.2) is 0 Å². The Labute approximate surface area is 113 Å². The first kappa shape index (κ1) is 13.3. The Hall–Kier alpha value is -2.12. The molecule has 1 unspecified atom stereocenters. The number of aryl methyl sites for hydroxylation is 2. The van der Waals surface area contributed by atoms with Crippen LogP contribution >= 0.6 is 0 Å². The average Bonchev–Trinajstić information content (AvgIpc) is 2.76. The van der Waals surface area contributed by atoms with Crippen molar-refractivity contribution < 1.29 is 4.52 Å². The monoisotopic (exact) mass is 255 g/mol. The molecule has 4 heteroatoms. The molecule has 0 spiro atoms. The van der Waals surface area contributed by atoms with E-state index in [0.29, 0.717) is 13.1 Å². The summed E-state index contributed by atoms with van der Waals surface area (Å²) in [4.78, 5) is 0. The van der Waals surface area contributed by atoms with Crippen LogP contribution in [0.25, 0.3) is 0 Å². The largest absolute Gasteiger partial charge is 0.361 e. The van der Waals surface area contributed by atoms with Crippen LogP contribution in [0.2, 0.25) is 0 Å². The molecule has 0 aliphatic carbocycles. The van der Waals surface area contributed by atoms with Crippen LogP contribution < -0.4 is 5.32 Å². The number of benzene rings is 1. The van der Waals surface area contributed by atoms with Crippen molar-refractivity contribution in [2.45, 2.75) is 26.3 Å². The van der Waals surface area contributed by atoms with Gasteiger partial charge in [-0.2, -0.15) is 5.26 Å². The quantitative estimate of drug-likeness (QED) is 0.892. The summed E-state index contributed by atoms with van der Waals surface area (Å²) in [5, 5.41) is 16.4. The summed E-state index contributed by atoms with van der Waals surface area (Å²) in [5.74, 6) is 0.694. The van der Waals surface area contributed by atoms with Crippen molar-refractivity contribution in [1.29, 1.82) is 5.26 Å². The molecule has 0 saturated carbocycles.